The average molecular weight is 406 g/mol. The van der Waals surface area contributed by atoms with Crippen molar-refractivity contribution in [2.75, 3.05) is 12.3 Å². The van der Waals surface area contributed by atoms with Gasteiger partial charge in [-0.05, 0) is 49.2 Å². The number of carbonyl (C=O) groups excluding carboxylic acids is 1. The fourth-order valence-electron chi connectivity index (χ4n) is 3.08. The number of aromatic amines is 1. The lowest BCUT2D eigenvalue weighted by Crippen LogP contribution is -2.27. The number of rotatable bonds is 8. The molecule has 0 bridgehead atoms. The Bertz CT molecular complexity index is 1040. The van der Waals surface area contributed by atoms with Gasteiger partial charge in [-0.15, -0.1) is 11.8 Å². The molecule has 1 amide bonds. The summed E-state index contributed by atoms with van der Waals surface area (Å²) in [7, 11) is 0. The lowest BCUT2D eigenvalue weighted by Gasteiger charge is -2.09. The van der Waals surface area contributed by atoms with Crippen LogP contribution in [0.15, 0.2) is 67.0 Å². The molecule has 2 aromatic heterocycles. The maximum absolute atomic E-state index is 12.2. The van der Waals surface area contributed by atoms with Gasteiger partial charge in [0, 0.05) is 18.9 Å². The average Bonchev–Trinajstić information content (AvgIpc) is 3.42. The van der Waals surface area contributed by atoms with Crippen molar-refractivity contribution in [3.05, 3.63) is 78.4 Å². The van der Waals surface area contributed by atoms with Crippen LogP contribution in [0.2, 0.25) is 0 Å². The lowest BCUT2D eigenvalue weighted by molar-refractivity contribution is -0.118. The van der Waals surface area contributed by atoms with Gasteiger partial charge in [-0.2, -0.15) is 5.10 Å². The van der Waals surface area contributed by atoms with Gasteiger partial charge in [-0.3, -0.25) is 4.79 Å². The predicted octanol–water partition coefficient (Wildman–Crippen LogP) is 3.90. The van der Waals surface area contributed by atoms with Gasteiger partial charge in [-0.1, -0.05) is 24.3 Å². The molecule has 0 aliphatic rings. The number of carbonyl (C=O) groups is 1. The molecule has 2 heterocycles. The number of aromatic nitrogens is 4. The second kappa shape index (κ2) is 8.96. The van der Waals surface area contributed by atoms with E-state index in [-0.39, 0.29) is 11.2 Å². The maximum atomic E-state index is 12.2. The Balaban J connectivity index is 1.21. The predicted molar refractivity (Wildman–Crippen MR) is 117 cm³/mol. The number of thioether (sulfide) groups is 1. The van der Waals surface area contributed by atoms with Gasteiger partial charge in [-0.25, -0.2) is 9.67 Å². The number of hydrogen-bond donors (Lipinski definition) is 2. The summed E-state index contributed by atoms with van der Waals surface area (Å²) in [5.41, 5.74) is 4.19. The zero-order chi connectivity index (χ0) is 20.1. The van der Waals surface area contributed by atoms with Crippen molar-refractivity contribution in [2.24, 2.45) is 0 Å². The van der Waals surface area contributed by atoms with Crippen LogP contribution in [-0.4, -0.2) is 38.0 Å². The minimum Gasteiger partial charge on any atom is -0.355 e. The van der Waals surface area contributed by atoms with E-state index < -0.39 is 0 Å². The molecule has 0 fully saturated rings. The number of amides is 1. The third-order valence-electron chi connectivity index (χ3n) is 4.70. The smallest absolute Gasteiger partial charge is 0.230 e. The van der Waals surface area contributed by atoms with E-state index in [1.54, 1.807) is 18.0 Å². The molecule has 0 saturated carbocycles. The van der Waals surface area contributed by atoms with Gasteiger partial charge in [0.15, 0.2) is 0 Å². The minimum absolute atomic E-state index is 0.0473. The van der Waals surface area contributed by atoms with Crippen molar-refractivity contribution in [2.45, 2.75) is 18.6 Å². The molecule has 2 N–H and O–H groups in total. The van der Waals surface area contributed by atoms with Gasteiger partial charge in [0.2, 0.25) is 5.91 Å². The molecule has 0 spiro atoms. The molecule has 7 heteroatoms. The number of imidazole rings is 1. The molecule has 4 rings (SSSR count). The first kappa shape index (κ1) is 19.3. The zero-order valence-corrected chi connectivity index (χ0v) is 17.0. The third-order valence-corrected chi connectivity index (χ3v) is 5.85. The third kappa shape index (κ3) is 4.86. The van der Waals surface area contributed by atoms with Gasteiger partial charge in [0.05, 0.1) is 27.7 Å². The summed E-state index contributed by atoms with van der Waals surface area (Å²) < 4.78 is 1.83. The van der Waals surface area contributed by atoms with Crippen LogP contribution in [0.25, 0.3) is 16.7 Å². The Labute approximate surface area is 173 Å². The Kier molecular flexibility index (Phi) is 5.95. The van der Waals surface area contributed by atoms with Crippen molar-refractivity contribution < 1.29 is 4.79 Å². The zero-order valence-electron chi connectivity index (χ0n) is 16.2. The number of nitrogens with one attached hydrogen (secondary N) is 2. The van der Waals surface area contributed by atoms with Gasteiger partial charge < -0.3 is 10.3 Å². The number of H-pyrrole nitrogens is 1. The van der Waals surface area contributed by atoms with E-state index in [4.69, 9.17) is 0 Å². The lowest BCUT2D eigenvalue weighted by atomic mass is 10.1. The van der Waals surface area contributed by atoms with Gasteiger partial charge in [0.25, 0.3) is 0 Å². The normalized spacial score (nSPS) is 12.2. The molecule has 29 heavy (non-hydrogen) atoms. The highest BCUT2D eigenvalue weighted by Crippen LogP contribution is 2.27. The number of para-hydroxylation sites is 2. The van der Waals surface area contributed by atoms with Gasteiger partial charge >= 0.3 is 0 Å². The van der Waals surface area contributed by atoms with Crippen LogP contribution < -0.4 is 5.32 Å². The van der Waals surface area contributed by atoms with Crippen molar-refractivity contribution in [1.29, 1.82) is 0 Å². The SMILES string of the molecule is CC(SCC(=O)NCCc1ccc(-n2cccn2)cc1)c1nc2ccccc2[nH]1. The Hall–Kier alpha value is -3.06. The molecule has 0 aliphatic carbocycles. The minimum atomic E-state index is 0.0473. The highest BCUT2D eigenvalue weighted by atomic mass is 32.2. The highest BCUT2D eigenvalue weighted by molar-refractivity contribution is 8.00. The van der Waals surface area contributed by atoms with Crippen LogP contribution in [-0.2, 0) is 11.2 Å². The summed E-state index contributed by atoms with van der Waals surface area (Å²) >= 11 is 1.58. The van der Waals surface area contributed by atoms with Crippen LogP contribution in [0.3, 0.4) is 0 Å². The van der Waals surface area contributed by atoms with E-state index in [2.05, 4.69) is 39.4 Å². The van der Waals surface area contributed by atoms with Crippen molar-refractivity contribution >= 4 is 28.7 Å². The van der Waals surface area contributed by atoms with Crippen LogP contribution in [0.5, 0.6) is 0 Å². The number of nitrogens with zero attached hydrogens (tertiary/aromatic N) is 3. The fraction of sp³-hybridized carbons (Fsp3) is 0.227. The molecule has 4 aromatic rings. The van der Waals surface area contributed by atoms with Crippen molar-refractivity contribution in [3.8, 4) is 5.69 Å². The second-order valence-electron chi connectivity index (χ2n) is 6.81. The summed E-state index contributed by atoms with van der Waals surface area (Å²) in [5.74, 6) is 1.36. The molecule has 0 radical (unpaired) electrons. The first-order valence-electron chi connectivity index (χ1n) is 9.61. The van der Waals surface area contributed by atoms with Crippen LogP contribution in [0.1, 0.15) is 23.6 Å². The Morgan fingerprint density at radius 2 is 2.00 bits per heavy atom. The summed E-state index contributed by atoms with van der Waals surface area (Å²) in [6.07, 6.45) is 4.48. The molecule has 6 nitrogen and oxygen atoms in total. The number of hydrogen-bond acceptors (Lipinski definition) is 4. The van der Waals surface area contributed by atoms with Gasteiger partial charge in [0.1, 0.15) is 5.82 Å². The summed E-state index contributed by atoms with van der Waals surface area (Å²) in [6.45, 7) is 2.69. The van der Waals surface area contributed by atoms with E-state index >= 15 is 0 Å². The summed E-state index contributed by atoms with van der Waals surface area (Å²) in [5, 5.41) is 7.35. The topological polar surface area (TPSA) is 75.6 Å². The molecule has 1 unspecified atom stereocenters. The number of fused-ring (bicyclic) bond motifs is 1. The first-order chi connectivity index (χ1) is 14.2. The summed E-state index contributed by atoms with van der Waals surface area (Å²) in [6, 6.07) is 18.1. The largest absolute Gasteiger partial charge is 0.355 e. The Morgan fingerprint density at radius 3 is 2.76 bits per heavy atom. The van der Waals surface area contributed by atoms with E-state index in [0.29, 0.717) is 12.3 Å². The standard InChI is InChI=1S/C22H23N5OS/c1-16(22-25-19-5-2-3-6-20(19)26-22)29-15-21(28)23-13-11-17-7-9-18(10-8-17)27-14-4-12-24-27/h2-10,12,14,16H,11,13,15H2,1H3,(H,23,28)(H,25,26). The molecule has 148 valence electrons. The molecule has 0 aliphatic heterocycles. The molecular weight excluding hydrogens is 382 g/mol. The monoisotopic (exact) mass is 405 g/mol. The van der Waals surface area contributed by atoms with E-state index in [9.17, 15) is 4.79 Å². The van der Waals surface area contributed by atoms with E-state index in [1.165, 1.54) is 5.56 Å². The molecule has 0 saturated heterocycles. The van der Waals surface area contributed by atoms with E-state index in [0.717, 1.165) is 29.0 Å². The summed E-state index contributed by atoms with van der Waals surface area (Å²) in [4.78, 5) is 20.1. The fourth-order valence-corrected chi connectivity index (χ4v) is 3.85. The Morgan fingerprint density at radius 1 is 1.17 bits per heavy atom. The maximum Gasteiger partial charge on any atom is 0.230 e. The quantitative estimate of drug-likeness (QED) is 0.466. The van der Waals surface area contributed by atoms with Crippen LogP contribution in [0, 0.1) is 0 Å². The highest BCUT2D eigenvalue weighted by Gasteiger charge is 2.13. The van der Waals surface area contributed by atoms with E-state index in [1.807, 2.05) is 53.3 Å². The van der Waals surface area contributed by atoms with Crippen molar-refractivity contribution in [1.82, 2.24) is 25.1 Å². The second-order valence-corrected chi connectivity index (χ2v) is 8.14. The molecule has 2 aromatic carbocycles. The van der Waals surface area contributed by atoms with Crippen molar-refractivity contribution in [3.63, 3.8) is 0 Å². The molecule has 1 atom stereocenters. The molecular formula is C22H23N5OS. The number of benzene rings is 2. The van der Waals surface area contributed by atoms with Crippen LogP contribution >= 0.6 is 11.8 Å². The first-order valence-corrected chi connectivity index (χ1v) is 10.7. The van der Waals surface area contributed by atoms with Crippen LogP contribution in [0.4, 0.5) is 0 Å².